The molecule has 1 heterocycles. The molecule has 0 radical (unpaired) electrons. The summed E-state index contributed by atoms with van der Waals surface area (Å²) in [5.41, 5.74) is 0.298. The van der Waals surface area contributed by atoms with Crippen molar-refractivity contribution in [1.29, 1.82) is 0 Å². The van der Waals surface area contributed by atoms with Gasteiger partial charge >= 0.3 is 5.97 Å². The van der Waals surface area contributed by atoms with Gasteiger partial charge in [0.15, 0.2) is 6.10 Å². The van der Waals surface area contributed by atoms with Gasteiger partial charge in [-0.15, -0.1) is 0 Å². The van der Waals surface area contributed by atoms with Crippen LogP contribution < -0.4 is 0 Å². The molecule has 1 amide bonds. The van der Waals surface area contributed by atoms with Crippen LogP contribution in [0.15, 0.2) is 30.3 Å². The van der Waals surface area contributed by atoms with E-state index < -0.39 is 23.5 Å². The first-order valence-corrected chi connectivity index (χ1v) is 8.53. The Hall–Kier alpha value is -2.21. The summed E-state index contributed by atoms with van der Waals surface area (Å²) in [5.74, 6) is -0.616. The molecule has 0 bridgehead atoms. The SMILES string of the molecule is COC(=O)CN1C(=O)[C@H](OCc2ccccc2)[C@@H]1[C@]1(C)CCCC1=O. The predicted molar refractivity (Wildman–Crippen MR) is 89.5 cm³/mol. The molecule has 1 aliphatic carbocycles. The molecule has 1 saturated heterocycles. The highest BCUT2D eigenvalue weighted by atomic mass is 16.5. The fraction of sp³-hybridized carbons (Fsp3) is 0.526. The Bertz CT molecular complexity index is 674. The Kier molecular flexibility index (Phi) is 4.90. The third-order valence-corrected chi connectivity index (χ3v) is 5.34. The number of methoxy groups -OCH3 is 1. The van der Waals surface area contributed by atoms with Gasteiger partial charge in [-0.2, -0.15) is 0 Å². The Morgan fingerprint density at radius 3 is 2.60 bits per heavy atom. The smallest absolute Gasteiger partial charge is 0.325 e. The number of carbonyl (C=O) groups is 3. The lowest BCUT2D eigenvalue weighted by Crippen LogP contribution is -2.72. The van der Waals surface area contributed by atoms with Crippen LogP contribution in [-0.4, -0.2) is 48.4 Å². The van der Waals surface area contributed by atoms with Crippen LogP contribution >= 0.6 is 0 Å². The Balaban J connectivity index is 1.77. The van der Waals surface area contributed by atoms with E-state index in [1.807, 2.05) is 37.3 Å². The molecular weight excluding hydrogens is 322 g/mol. The maximum Gasteiger partial charge on any atom is 0.325 e. The van der Waals surface area contributed by atoms with Gasteiger partial charge in [0, 0.05) is 11.8 Å². The van der Waals surface area contributed by atoms with E-state index in [9.17, 15) is 14.4 Å². The number of β-lactam (4-membered cyclic amide) rings is 1. The van der Waals surface area contributed by atoms with Gasteiger partial charge in [0.25, 0.3) is 5.91 Å². The Morgan fingerprint density at radius 2 is 2.00 bits per heavy atom. The summed E-state index contributed by atoms with van der Waals surface area (Å²) < 4.78 is 10.5. The van der Waals surface area contributed by atoms with Gasteiger partial charge in [-0.25, -0.2) is 0 Å². The maximum atomic E-state index is 12.5. The van der Waals surface area contributed by atoms with Crippen molar-refractivity contribution in [2.75, 3.05) is 13.7 Å². The zero-order chi connectivity index (χ0) is 18.0. The molecule has 1 aromatic rings. The van der Waals surface area contributed by atoms with E-state index in [0.717, 1.165) is 12.0 Å². The number of nitrogens with zero attached hydrogens (tertiary/aromatic N) is 1. The first-order valence-electron chi connectivity index (χ1n) is 8.53. The van der Waals surface area contributed by atoms with Crippen LogP contribution in [0.25, 0.3) is 0 Å². The second-order valence-corrected chi connectivity index (χ2v) is 6.90. The number of ketones is 1. The van der Waals surface area contributed by atoms with Crippen LogP contribution in [-0.2, 0) is 30.5 Å². The van der Waals surface area contributed by atoms with Crippen molar-refractivity contribution < 1.29 is 23.9 Å². The third-order valence-electron chi connectivity index (χ3n) is 5.34. The number of Topliss-reactive ketones (excluding diaryl/α,β-unsaturated/α-hetero) is 1. The molecule has 3 atom stereocenters. The van der Waals surface area contributed by atoms with Crippen LogP contribution in [0.1, 0.15) is 31.7 Å². The standard InChI is InChI=1S/C19H23NO5/c1-19(10-6-9-14(19)21)17-16(18(23)20(17)11-15(22)24-2)25-12-13-7-4-3-5-8-13/h3-5,7-8,16-17H,6,9-12H2,1-2H3/t16-,17-,19-/m1/s1. The minimum absolute atomic E-state index is 0.133. The largest absolute Gasteiger partial charge is 0.468 e. The van der Waals surface area contributed by atoms with E-state index in [1.54, 1.807) is 0 Å². The molecule has 0 N–H and O–H groups in total. The Morgan fingerprint density at radius 1 is 1.28 bits per heavy atom. The van der Waals surface area contributed by atoms with Gasteiger partial charge in [0.1, 0.15) is 12.3 Å². The summed E-state index contributed by atoms with van der Waals surface area (Å²) in [7, 11) is 1.29. The lowest BCUT2D eigenvalue weighted by molar-refractivity contribution is -0.192. The lowest BCUT2D eigenvalue weighted by Gasteiger charge is -2.52. The molecule has 6 nitrogen and oxygen atoms in total. The highest BCUT2D eigenvalue weighted by molar-refractivity contribution is 5.96. The minimum Gasteiger partial charge on any atom is -0.468 e. The van der Waals surface area contributed by atoms with E-state index in [-0.39, 0.29) is 18.2 Å². The fourth-order valence-corrected chi connectivity index (χ4v) is 3.85. The molecule has 134 valence electrons. The number of esters is 1. The summed E-state index contributed by atoms with van der Waals surface area (Å²) in [4.78, 5) is 38.1. The van der Waals surface area contributed by atoms with Crippen molar-refractivity contribution in [1.82, 2.24) is 4.90 Å². The molecule has 0 aromatic heterocycles. The van der Waals surface area contributed by atoms with Crippen molar-refractivity contribution in [3.8, 4) is 0 Å². The zero-order valence-electron chi connectivity index (χ0n) is 14.6. The van der Waals surface area contributed by atoms with E-state index >= 15 is 0 Å². The number of likely N-dealkylation sites (tertiary alicyclic amines) is 1. The van der Waals surface area contributed by atoms with E-state index in [1.165, 1.54) is 12.0 Å². The first kappa shape index (κ1) is 17.6. The Labute approximate surface area is 147 Å². The van der Waals surface area contributed by atoms with E-state index in [4.69, 9.17) is 4.74 Å². The highest BCUT2D eigenvalue weighted by Crippen LogP contribution is 2.46. The summed E-state index contributed by atoms with van der Waals surface area (Å²) >= 11 is 0. The number of benzene rings is 1. The third kappa shape index (κ3) is 3.18. The van der Waals surface area contributed by atoms with Crippen molar-refractivity contribution in [2.45, 2.75) is 44.9 Å². The molecular formula is C19H23NO5. The van der Waals surface area contributed by atoms with Crippen LogP contribution in [0.5, 0.6) is 0 Å². The number of amides is 1. The summed E-state index contributed by atoms with van der Waals surface area (Å²) in [6.45, 7) is 2.03. The molecule has 0 unspecified atom stereocenters. The molecule has 1 aromatic carbocycles. The van der Waals surface area contributed by atoms with Crippen LogP contribution in [0, 0.1) is 5.41 Å². The number of carbonyl (C=O) groups excluding carboxylic acids is 3. The molecule has 0 spiro atoms. The van der Waals surface area contributed by atoms with Gasteiger partial charge in [0.05, 0.1) is 19.8 Å². The second kappa shape index (κ2) is 6.96. The number of rotatable bonds is 6. The van der Waals surface area contributed by atoms with Crippen molar-refractivity contribution >= 4 is 17.7 Å². The number of ether oxygens (including phenoxy) is 2. The summed E-state index contributed by atoms with van der Waals surface area (Å²) in [6.07, 6.45) is 1.32. The lowest BCUT2D eigenvalue weighted by atomic mass is 9.71. The monoisotopic (exact) mass is 345 g/mol. The number of hydrogen-bond donors (Lipinski definition) is 0. The zero-order valence-corrected chi connectivity index (χ0v) is 14.6. The molecule has 3 rings (SSSR count). The summed E-state index contributed by atoms with van der Waals surface area (Å²) in [6, 6.07) is 9.16. The van der Waals surface area contributed by atoms with Crippen molar-refractivity contribution in [3.63, 3.8) is 0 Å². The van der Waals surface area contributed by atoms with Gasteiger partial charge in [-0.05, 0) is 18.4 Å². The van der Waals surface area contributed by atoms with Crippen molar-refractivity contribution in [2.24, 2.45) is 5.41 Å². The molecule has 1 saturated carbocycles. The molecule has 1 aliphatic heterocycles. The number of hydrogen-bond acceptors (Lipinski definition) is 5. The summed E-state index contributed by atoms with van der Waals surface area (Å²) in [5, 5.41) is 0. The normalized spacial score (nSPS) is 28.8. The van der Waals surface area contributed by atoms with Gasteiger partial charge in [-0.1, -0.05) is 37.3 Å². The van der Waals surface area contributed by atoms with Crippen LogP contribution in [0.2, 0.25) is 0 Å². The quantitative estimate of drug-likeness (QED) is 0.580. The molecule has 25 heavy (non-hydrogen) atoms. The van der Waals surface area contributed by atoms with Gasteiger partial charge in [0.2, 0.25) is 0 Å². The van der Waals surface area contributed by atoms with Crippen LogP contribution in [0.4, 0.5) is 0 Å². The predicted octanol–water partition coefficient (Wildman–Crippen LogP) is 1.71. The van der Waals surface area contributed by atoms with Crippen LogP contribution in [0.3, 0.4) is 0 Å². The molecule has 2 fully saturated rings. The first-order chi connectivity index (χ1) is 12.0. The molecule has 2 aliphatic rings. The van der Waals surface area contributed by atoms with E-state index in [0.29, 0.717) is 19.4 Å². The highest BCUT2D eigenvalue weighted by Gasteiger charge is 2.60. The minimum atomic E-state index is -0.697. The maximum absolute atomic E-state index is 12.5. The van der Waals surface area contributed by atoms with E-state index in [2.05, 4.69) is 4.74 Å². The topological polar surface area (TPSA) is 72.9 Å². The van der Waals surface area contributed by atoms with Crippen molar-refractivity contribution in [3.05, 3.63) is 35.9 Å². The fourth-order valence-electron chi connectivity index (χ4n) is 3.85. The average molecular weight is 345 g/mol. The van der Waals surface area contributed by atoms with Gasteiger partial charge in [-0.3, -0.25) is 14.4 Å². The second-order valence-electron chi connectivity index (χ2n) is 6.90. The average Bonchev–Trinajstić information content (AvgIpc) is 2.96. The van der Waals surface area contributed by atoms with Gasteiger partial charge < -0.3 is 14.4 Å². The molecule has 6 heteroatoms.